The maximum absolute atomic E-state index is 10.8. The molecule has 2 aromatic carbocycles. The Kier molecular flexibility index (Phi) is 5.43. The van der Waals surface area contributed by atoms with Crippen LogP contribution in [0.25, 0.3) is 16.6 Å². The lowest BCUT2D eigenvalue weighted by atomic mass is 10.0. The van der Waals surface area contributed by atoms with Gasteiger partial charge in [0.2, 0.25) is 0 Å². The zero-order valence-electron chi connectivity index (χ0n) is 17.2. The van der Waals surface area contributed by atoms with Gasteiger partial charge in [-0.3, -0.25) is 0 Å². The summed E-state index contributed by atoms with van der Waals surface area (Å²) >= 11 is 13.3. The van der Waals surface area contributed by atoms with E-state index in [-0.39, 0.29) is 0 Å². The first kappa shape index (κ1) is 20.7. The number of hydrogen-bond donors (Lipinski definition) is 1. The molecule has 0 spiro atoms. The van der Waals surface area contributed by atoms with E-state index in [1.54, 1.807) is 28.0 Å². The van der Waals surface area contributed by atoms with Crippen LogP contribution in [0.5, 0.6) is 0 Å². The minimum atomic E-state index is -0.822. The van der Waals surface area contributed by atoms with Crippen molar-refractivity contribution in [2.75, 3.05) is 0 Å². The zero-order chi connectivity index (χ0) is 22.2. The highest BCUT2D eigenvalue weighted by Gasteiger charge is 2.18. The van der Waals surface area contributed by atoms with Gasteiger partial charge in [-0.05, 0) is 41.5 Å². The number of pyridine rings is 1. The Balaban J connectivity index is 1.50. The molecule has 160 valence electrons. The first-order valence-corrected chi connectivity index (χ1v) is 10.8. The van der Waals surface area contributed by atoms with Crippen LogP contribution in [0.15, 0.2) is 73.4 Å². The fraction of sp³-hybridized carbons (Fsp3) is 0.125. The maximum atomic E-state index is 10.8. The van der Waals surface area contributed by atoms with E-state index in [4.69, 9.17) is 23.2 Å². The summed E-state index contributed by atoms with van der Waals surface area (Å²) in [7, 11) is 1.84. The van der Waals surface area contributed by atoms with Gasteiger partial charge in [0.1, 0.15) is 11.3 Å². The van der Waals surface area contributed by atoms with Gasteiger partial charge in [-0.2, -0.15) is 5.10 Å². The number of aryl methyl sites for hydroxylation is 1. The number of aliphatic hydroxyl groups is 1. The average Bonchev–Trinajstić information content (AvgIpc) is 3.48. The molecule has 0 aliphatic carbocycles. The highest BCUT2D eigenvalue weighted by molar-refractivity contribution is 6.39. The lowest BCUT2D eigenvalue weighted by Crippen LogP contribution is -2.05. The highest BCUT2D eigenvalue weighted by Crippen LogP contribution is 2.35. The van der Waals surface area contributed by atoms with E-state index in [1.165, 1.54) is 0 Å². The van der Waals surface area contributed by atoms with Crippen LogP contribution >= 0.6 is 23.2 Å². The van der Waals surface area contributed by atoms with Crippen molar-refractivity contribution in [1.29, 1.82) is 0 Å². The van der Waals surface area contributed by atoms with E-state index in [2.05, 4.69) is 15.1 Å². The fourth-order valence-electron chi connectivity index (χ4n) is 3.77. The number of benzene rings is 2. The molecule has 0 saturated carbocycles. The Bertz CT molecular complexity index is 1390. The molecular weight excluding hydrogens is 445 g/mol. The minimum absolute atomic E-state index is 0.374. The van der Waals surface area contributed by atoms with Crippen LogP contribution in [-0.2, 0) is 13.5 Å². The third kappa shape index (κ3) is 3.77. The van der Waals surface area contributed by atoms with Crippen molar-refractivity contribution < 1.29 is 5.11 Å². The van der Waals surface area contributed by atoms with E-state index in [1.807, 2.05) is 61.8 Å². The SMILES string of the molecule is Cn1cncc1C(O)c1ccc2nc(Cl)c(Cc3ccc(-n4cccn4)cc3)c(Cl)c2c1. The molecule has 5 rings (SSSR count). The molecule has 6 nitrogen and oxygen atoms in total. The number of nitrogens with zero attached hydrogens (tertiary/aromatic N) is 5. The molecular formula is C24H19Cl2N5O. The van der Waals surface area contributed by atoms with Crippen molar-refractivity contribution in [3.63, 3.8) is 0 Å². The Labute approximate surface area is 194 Å². The molecule has 1 N–H and O–H groups in total. The van der Waals surface area contributed by atoms with Gasteiger partial charge in [-0.1, -0.05) is 41.4 Å². The summed E-state index contributed by atoms with van der Waals surface area (Å²) in [6, 6.07) is 15.4. The molecule has 0 aliphatic heterocycles. The molecule has 1 atom stereocenters. The van der Waals surface area contributed by atoms with Crippen LogP contribution in [0.4, 0.5) is 0 Å². The van der Waals surface area contributed by atoms with E-state index < -0.39 is 6.10 Å². The van der Waals surface area contributed by atoms with Crippen molar-refractivity contribution in [2.45, 2.75) is 12.5 Å². The Morgan fingerprint density at radius 3 is 2.59 bits per heavy atom. The molecule has 0 fully saturated rings. The van der Waals surface area contributed by atoms with Crippen LogP contribution in [0.1, 0.15) is 28.5 Å². The van der Waals surface area contributed by atoms with Crippen molar-refractivity contribution in [1.82, 2.24) is 24.3 Å². The van der Waals surface area contributed by atoms with Crippen LogP contribution in [0, 0.1) is 0 Å². The molecule has 8 heteroatoms. The quantitative estimate of drug-likeness (QED) is 0.366. The van der Waals surface area contributed by atoms with E-state index in [0.717, 1.165) is 22.2 Å². The van der Waals surface area contributed by atoms with Crippen molar-refractivity contribution in [3.8, 4) is 5.69 Å². The summed E-state index contributed by atoms with van der Waals surface area (Å²) in [4.78, 5) is 8.62. The Morgan fingerprint density at radius 2 is 1.91 bits per heavy atom. The monoisotopic (exact) mass is 463 g/mol. The average molecular weight is 464 g/mol. The molecule has 3 heterocycles. The summed E-state index contributed by atoms with van der Waals surface area (Å²) in [5, 5.41) is 16.7. The van der Waals surface area contributed by atoms with Crippen LogP contribution in [0.2, 0.25) is 10.2 Å². The topological polar surface area (TPSA) is 68.8 Å². The van der Waals surface area contributed by atoms with Gasteiger partial charge in [0.05, 0.1) is 34.4 Å². The number of aliphatic hydroxyl groups excluding tert-OH is 1. The van der Waals surface area contributed by atoms with E-state index >= 15 is 0 Å². The second kappa shape index (κ2) is 8.39. The number of fused-ring (bicyclic) bond motifs is 1. The van der Waals surface area contributed by atoms with Gasteiger partial charge in [-0.25, -0.2) is 14.6 Å². The first-order valence-electron chi connectivity index (χ1n) is 10.0. The summed E-state index contributed by atoms with van der Waals surface area (Å²) < 4.78 is 3.59. The number of imidazole rings is 1. The number of hydrogen-bond acceptors (Lipinski definition) is 4. The van der Waals surface area contributed by atoms with Gasteiger partial charge in [0, 0.05) is 36.8 Å². The molecule has 1 unspecified atom stereocenters. The van der Waals surface area contributed by atoms with Gasteiger partial charge in [0.15, 0.2) is 0 Å². The van der Waals surface area contributed by atoms with Gasteiger partial charge in [-0.15, -0.1) is 0 Å². The van der Waals surface area contributed by atoms with Crippen LogP contribution in [0.3, 0.4) is 0 Å². The lowest BCUT2D eigenvalue weighted by Gasteiger charge is -2.15. The van der Waals surface area contributed by atoms with Crippen molar-refractivity contribution in [3.05, 3.63) is 106 Å². The van der Waals surface area contributed by atoms with Gasteiger partial charge < -0.3 is 9.67 Å². The molecule has 0 saturated heterocycles. The molecule has 32 heavy (non-hydrogen) atoms. The standard InChI is InChI=1S/C24H19Cl2N5O/c1-30-14-27-13-21(30)23(32)16-5-8-20-18(12-16)22(25)19(24(26)29-20)11-15-3-6-17(7-4-15)31-10-2-9-28-31/h2-10,12-14,23,32H,11H2,1H3. The largest absolute Gasteiger partial charge is 0.382 e. The zero-order valence-corrected chi connectivity index (χ0v) is 18.7. The third-order valence-corrected chi connectivity index (χ3v) is 6.27. The van der Waals surface area contributed by atoms with Crippen molar-refractivity contribution in [2.24, 2.45) is 7.05 Å². The fourth-order valence-corrected chi connectivity index (χ4v) is 4.38. The summed E-state index contributed by atoms with van der Waals surface area (Å²) in [5.41, 5.74) is 4.86. The molecule has 5 aromatic rings. The maximum Gasteiger partial charge on any atom is 0.134 e. The summed E-state index contributed by atoms with van der Waals surface area (Å²) in [5.74, 6) is 0. The predicted octanol–water partition coefficient (Wildman–Crippen LogP) is 5.13. The molecule has 0 aliphatic rings. The van der Waals surface area contributed by atoms with Crippen LogP contribution in [-0.4, -0.2) is 29.4 Å². The van der Waals surface area contributed by atoms with Crippen LogP contribution < -0.4 is 0 Å². The first-order chi connectivity index (χ1) is 15.5. The van der Waals surface area contributed by atoms with Gasteiger partial charge in [0.25, 0.3) is 0 Å². The summed E-state index contributed by atoms with van der Waals surface area (Å²) in [6.07, 6.45) is 6.66. The van der Waals surface area contributed by atoms with E-state index in [9.17, 15) is 5.11 Å². The van der Waals surface area contributed by atoms with E-state index in [0.29, 0.717) is 33.4 Å². The summed E-state index contributed by atoms with van der Waals surface area (Å²) in [6.45, 7) is 0. The number of rotatable bonds is 5. The molecule has 0 bridgehead atoms. The molecule has 0 radical (unpaired) electrons. The molecule has 3 aromatic heterocycles. The molecule has 0 amide bonds. The van der Waals surface area contributed by atoms with Gasteiger partial charge >= 0.3 is 0 Å². The normalized spacial score (nSPS) is 12.4. The smallest absolute Gasteiger partial charge is 0.134 e. The highest BCUT2D eigenvalue weighted by atomic mass is 35.5. The lowest BCUT2D eigenvalue weighted by molar-refractivity contribution is 0.211. The second-order valence-corrected chi connectivity index (χ2v) is 8.33. The third-order valence-electron chi connectivity index (χ3n) is 5.53. The Hall–Kier alpha value is -3.19. The number of halogens is 2. The second-order valence-electron chi connectivity index (χ2n) is 7.60. The number of aromatic nitrogens is 5. The minimum Gasteiger partial charge on any atom is -0.382 e. The predicted molar refractivity (Wildman–Crippen MR) is 125 cm³/mol. The Morgan fingerprint density at radius 1 is 1.09 bits per heavy atom. The van der Waals surface area contributed by atoms with Crippen molar-refractivity contribution >= 4 is 34.1 Å².